The van der Waals surface area contributed by atoms with E-state index >= 15 is 0 Å². The lowest BCUT2D eigenvalue weighted by Crippen LogP contribution is -2.43. The number of rotatable bonds is 3. The molecule has 3 heterocycles. The Morgan fingerprint density at radius 2 is 2.33 bits per heavy atom. The molecule has 6 heteroatoms. The molecule has 0 saturated carbocycles. The summed E-state index contributed by atoms with van der Waals surface area (Å²) in [5.41, 5.74) is 0. The van der Waals surface area contributed by atoms with Crippen LogP contribution in [0.3, 0.4) is 0 Å². The van der Waals surface area contributed by atoms with Gasteiger partial charge in [-0.15, -0.1) is 10.2 Å². The molecule has 2 aromatic heterocycles. The number of hydrogen-bond acceptors (Lipinski definition) is 5. The summed E-state index contributed by atoms with van der Waals surface area (Å²) in [6.45, 7) is 4.33. The van der Waals surface area contributed by atoms with Crippen molar-refractivity contribution in [3.05, 3.63) is 10.8 Å². The van der Waals surface area contributed by atoms with Crippen molar-refractivity contribution in [2.24, 2.45) is 5.92 Å². The molecule has 2 aromatic rings. The van der Waals surface area contributed by atoms with Crippen LogP contribution in [0.25, 0.3) is 4.96 Å². The third kappa shape index (κ3) is 1.53. The minimum Gasteiger partial charge on any atom is -0.316 e. The second-order valence-electron chi connectivity index (χ2n) is 3.89. The summed E-state index contributed by atoms with van der Waals surface area (Å²) >= 11 is 1.66. The van der Waals surface area contributed by atoms with Crippen molar-refractivity contribution in [1.82, 2.24) is 25.1 Å². The van der Waals surface area contributed by atoms with Crippen LogP contribution in [0.15, 0.2) is 0 Å². The second kappa shape index (κ2) is 3.53. The van der Waals surface area contributed by atoms with Crippen LogP contribution in [-0.4, -0.2) is 32.9 Å². The average Bonchev–Trinajstić information content (AvgIpc) is 2.69. The fourth-order valence-electron chi connectivity index (χ4n) is 1.74. The van der Waals surface area contributed by atoms with Crippen LogP contribution in [0.1, 0.15) is 17.8 Å². The fraction of sp³-hybridized carbons (Fsp3) is 0.667. The van der Waals surface area contributed by atoms with Gasteiger partial charge >= 0.3 is 0 Å². The summed E-state index contributed by atoms with van der Waals surface area (Å²) in [5.74, 6) is 1.72. The second-order valence-corrected chi connectivity index (χ2v) is 4.93. The molecule has 0 bridgehead atoms. The first-order valence-corrected chi connectivity index (χ1v) is 6.09. The normalized spacial score (nSPS) is 17.1. The minimum atomic E-state index is 0.763. The lowest BCUT2D eigenvalue weighted by Gasteiger charge is -2.25. The van der Waals surface area contributed by atoms with Crippen molar-refractivity contribution in [1.29, 1.82) is 0 Å². The third-order valence-corrected chi connectivity index (χ3v) is 3.66. The van der Waals surface area contributed by atoms with E-state index in [2.05, 4.69) is 27.5 Å². The monoisotopic (exact) mass is 223 g/mol. The van der Waals surface area contributed by atoms with Gasteiger partial charge in [-0.1, -0.05) is 18.3 Å². The van der Waals surface area contributed by atoms with E-state index in [0.717, 1.165) is 42.6 Å². The Hall–Kier alpha value is -1.01. The Labute approximate surface area is 91.5 Å². The van der Waals surface area contributed by atoms with Crippen molar-refractivity contribution >= 4 is 16.3 Å². The molecule has 0 spiro atoms. The first-order chi connectivity index (χ1) is 7.36. The number of nitrogens with zero attached hydrogens (tertiary/aromatic N) is 4. The first kappa shape index (κ1) is 9.23. The largest absolute Gasteiger partial charge is 0.316 e. The highest BCUT2D eigenvalue weighted by Crippen LogP contribution is 2.19. The summed E-state index contributed by atoms with van der Waals surface area (Å²) in [6, 6.07) is 0. The summed E-state index contributed by atoms with van der Waals surface area (Å²) in [5, 5.41) is 17.2. The maximum Gasteiger partial charge on any atom is 0.234 e. The molecule has 1 saturated heterocycles. The van der Waals surface area contributed by atoms with Gasteiger partial charge < -0.3 is 5.32 Å². The Balaban J connectivity index is 1.88. The van der Waals surface area contributed by atoms with Gasteiger partial charge in [-0.25, -0.2) is 0 Å². The zero-order valence-corrected chi connectivity index (χ0v) is 9.42. The molecule has 0 aromatic carbocycles. The summed E-state index contributed by atoms with van der Waals surface area (Å²) in [7, 11) is 0. The molecule has 0 atom stereocenters. The smallest absolute Gasteiger partial charge is 0.234 e. The number of hydrogen-bond donors (Lipinski definition) is 1. The van der Waals surface area contributed by atoms with Gasteiger partial charge in [0.25, 0.3) is 0 Å². The van der Waals surface area contributed by atoms with Gasteiger partial charge in [0.15, 0.2) is 5.82 Å². The van der Waals surface area contributed by atoms with E-state index in [4.69, 9.17) is 0 Å². The van der Waals surface area contributed by atoms with Crippen molar-refractivity contribution in [2.75, 3.05) is 13.1 Å². The maximum atomic E-state index is 4.55. The molecule has 3 rings (SSSR count). The van der Waals surface area contributed by atoms with E-state index in [1.165, 1.54) is 5.01 Å². The van der Waals surface area contributed by atoms with Crippen LogP contribution in [0.5, 0.6) is 0 Å². The maximum absolute atomic E-state index is 4.55. The van der Waals surface area contributed by atoms with E-state index in [-0.39, 0.29) is 0 Å². The standard InChI is InChI=1S/C9H13N5S/c1-2-7-11-12-9-14(7)13-8(15-9)3-6-4-10-5-6/h6,10H,2-5H2,1H3. The zero-order chi connectivity index (χ0) is 10.3. The predicted molar refractivity (Wildman–Crippen MR) is 58.1 cm³/mol. The van der Waals surface area contributed by atoms with Gasteiger partial charge in [-0.05, 0) is 19.0 Å². The highest BCUT2D eigenvalue weighted by atomic mass is 32.1. The Morgan fingerprint density at radius 1 is 1.47 bits per heavy atom. The lowest BCUT2D eigenvalue weighted by atomic mass is 10.0. The fourth-order valence-corrected chi connectivity index (χ4v) is 2.71. The molecule has 1 N–H and O–H groups in total. The number of aromatic nitrogens is 4. The van der Waals surface area contributed by atoms with Crippen LogP contribution in [-0.2, 0) is 12.8 Å². The third-order valence-electron chi connectivity index (χ3n) is 2.74. The summed E-state index contributed by atoms with van der Waals surface area (Å²) < 4.78 is 1.88. The predicted octanol–water partition coefficient (Wildman–Crippen LogP) is 0.510. The number of nitrogens with one attached hydrogen (secondary N) is 1. The van der Waals surface area contributed by atoms with Gasteiger partial charge in [-0.2, -0.15) is 9.61 Å². The highest BCUT2D eigenvalue weighted by molar-refractivity contribution is 7.16. The Bertz CT molecular complexity index is 470. The van der Waals surface area contributed by atoms with Crippen LogP contribution < -0.4 is 5.32 Å². The van der Waals surface area contributed by atoms with E-state index < -0.39 is 0 Å². The topological polar surface area (TPSA) is 55.1 Å². The molecule has 80 valence electrons. The molecule has 0 radical (unpaired) electrons. The molecular formula is C9H13N5S. The van der Waals surface area contributed by atoms with Crippen LogP contribution in [0, 0.1) is 5.92 Å². The van der Waals surface area contributed by atoms with E-state index in [0.29, 0.717) is 0 Å². The molecule has 5 nitrogen and oxygen atoms in total. The van der Waals surface area contributed by atoms with Gasteiger partial charge in [0.2, 0.25) is 4.96 Å². The highest BCUT2D eigenvalue weighted by Gasteiger charge is 2.20. The van der Waals surface area contributed by atoms with Gasteiger partial charge in [0.05, 0.1) is 0 Å². The zero-order valence-electron chi connectivity index (χ0n) is 8.60. The Morgan fingerprint density at radius 3 is 3.00 bits per heavy atom. The van der Waals surface area contributed by atoms with E-state index in [9.17, 15) is 0 Å². The SMILES string of the molecule is CCc1nnc2sc(CC3CNC3)nn12. The number of aryl methyl sites for hydroxylation is 1. The molecule has 1 aliphatic heterocycles. The van der Waals surface area contributed by atoms with E-state index in [1.807, 2.05) is 4.52 Å². The van der Waals surface area contributed by atoms with Gasteiger partial charge in [0.1, 0.15) is 5.01 Å². The molecule has 1 aliphatic rings. The van der Waals surface area contributed by atoms with Crippen molar-refractivity contribution in [2.45, 2.75) is 19.8 Å². The molecule has 1 fully saturated rings. The number of fused-ring (bicyclic) bond motifs is 1. The minimum absolute atomic E-state index is 0.763. The van der Waals surface area contributed by atoms with E-state index in [1.54, 1.807) is 11.3 Å². The molecule has 0 unspecified atom stereocenters. The molecule has 0 amide bonds. The summed E-state index contributed by atoms with van der Waals surface area (Å²) in [6.07, 6.45) is 1.96. The van der Waals surface area contributed by atoms with Crippen molar-refractivity contribution in [3.8, 4) is 0 Å². The van der Waals surface area contributed by atoms with Crippen molar-refractivity contribution < 1.29 is 0 Å². The van der Waals surface area contributed by atoms with Crippen molar-refractivity contribution in [3.63, 3.8) is 0 Å². The van der Waals surface area contributed by atoms with Gasteiger partial charge in [0, 0.05) is 12.8 Å². The van der Waals surface area contributed by atoms with Crippen LogP contribution in [0.2, 0.25) is 0 Å². The lowest BCUT2D eigenvalue weighted by molar-refractivity contribution is 0.345. The quantitative estimate of drug-likeness (QED) is 0.823. The van der Waals surface area contributed by atoms with Crippen LogP contribution in [0.4, 0.5) is 0 Å². The molecule has 15 heavy (non-hydrogen) atoms. The first-order valence-electron chi connectivity index (χ1n) is 5.27. The van der Waals surface area contributed by atoms with Gasteiger partial charge in [-0.3, -0.25) is 0 Å². The molecular weight excluding hydrogens is 210 g/mol. The summed E-state index contributed by atoms with van der Waals surface area (Å²) in [4.78, 5) is 0.925. The Kier molecular flexibility index (Phi) is 2.17. The molecule has 0 aliphatic carbocycles. The van der Waals surface area contributed by atoms with Crippen LogP contribution >= 0.6 is 11.3 Å². The average molecular weight is 223 g/mol.